The van der Waals surface area contributed by atoms with Gasteiger partial charge in [-0.1, -0.05) is 42.5 Å². The second kappa shape index (κ2) is 8.58. The van der Waals surface area contributed by atoms with Gasteiger partial charge in [0.2, 0.25) is 5.91 Å². The van der Waals surface area contributed by atoms with Crippen LogP contribution < -0.4 is 10.2 Å². The molecule has 0 bridgehead atoms. The maximum absolute atomic E-state index is 12.9. The number of hydrogen-bond acceptors (Lipinski definition) is 6. The SMILES string of the molecule is O=C(c1ccccc1)c1cccc(NC(=O)C2CCN(c3ccc4nncn4n3)CC2)c1. The topological polar surface area (TPSA) is 92.5 Å². The van der Waals surface area contributed by atoms with Crippen LogP contribution in [0, 0.1) is 5.92 Å². The fourth-order valence-electron chi connectivity index (χ4n) is 4.00. The fourth-order valence-corrected chi connectivity index (χ4v) is 4.00. The maximum atomic E-state index is 12.9. The van der Waals surface area contributed by atoms with Gasteiger partial charge in [-0.3, -0.25) is 9.59 Å². The number of piperidine rings is 1. The van der Waals surface area contributed by atoms with Gasteiger partial charge in [-0.25, -0.2) is 0 Å². The largest absolute Gasteiger partial charge is 0.355 e. The van der Waals surface area contributed by atoms with Crippen molar-refractivity contribution in [1.29, 1.82) is 0 Å². The number of nitrogens with zero attached hydrogens (tertiary/aromatic N) is 5. The van der Waals surface area contributed by atoms with E-state index in [1.807, 2.05) is 36.4 Å². The summed E-state index contributed by atoms with van der Waals surface area (Å²) in [5, 5.41) is 15.3. The molecule has 160 valence electrons. The summed E-state index contributed by atoms with van der Waals surface area (Å²) in [6.45, 7) is 1.48. The first-order chi connectivity index (χ1) is 15.7. The van der Waals surface area contributed by atoms with Crippen molar-refractivity contribution >= 4 is 28.8 Å². The molecule has 0 spiro atoms. The highest BCUT2D eigenvalue weighted by atomic mass is 16.2. The summed E-state index contributed by atoms with van der Waals surface area (Å²) >= 11 is 0. The molecular formula is C24H22N6O2. The van der Waals surface area contributed by atoms with E-state index in [0.29, 0.717) is 22.5 Å². The van der Waals surface area contributed by atoms with E-state index in [1.54, 1.807) is 41.2 Å². The third-order valence-electron chi connectivity index (χ3n) is 5.77. The molecule has 0 radical (unpaired) electrons. The minimum absolute atomic E-state index is 0.0174. The Labute approximate surface area is 184 Å². The number of fused-ring (bicyclic) bond motifs is 1. The van der Waals surface area contributed by atoms with Crippen LogP contribution in [0.2, 0.25) is 0 Å². The van der Waals surface area contributed by atoms with Gasteiger partial charge in [0, 0.05) is 35.8 Å². The molecule has 1 aliphatic rings. The predicted octanol–water partition coefficient (Wildman–Crippen LogP) is 3.21. The predicted molar refractivity (Wildman–Crippen MR) is 121 cm³/mol. The minimum Gasteiger partial charge on any atom is -0.355 e. The van der Waals surface area contributed by atoms with E-state index in [-0.39, 0.29) is 17.6 Å². The number of carbonyl (C=O) groups is 2. The molecule has 3 heterocycles. The first-order valence-electron chi connectivity index (χ1n) is 10.6. The van der Waals surface area contributed by atoms with Gasteiger partial charge in [-0.05, 0) is 37.1 Å². The molecule has 5 rings (SSSR count). The zero-order valence-electron chi connectivity index (χ0n) is 17.4. The highest BCUT2D eigenvalue weighted by Gasteiger charge is 2.26. The molecule has 2 aromatic heterocycles. The maximum Gasteiger partial charge on any atom is 0.227 e. The summed E-state index contributed by atoms with van der Waals surface area (Å²) in [6, 6.07) is 20.1. The highest BCUT2D eigenvalue weighted by Crippen LogP contribution is 2.24. The molecule has 1 aliphatic heterocycles. The van der Waals surface area contributed by atoms with E-state index in [4.69, 9.17) is 0 Å². The lowest BCUT2D eigenvalue weighted by Gasteiger charge is -2.32. The Morgan fingerprint density at radius 2 is 1.69 bits per heavy atom. The molecule has 1 fully saturated rings. The number of aromatic nitrogens is 4. The van der Waals surface area contributed by atoms with Crippen LogP contribution in [0.3, 0.4) is 0 Å². The number of amides is 1. The third kappa shape index (κ3) is 4.07. The second-order valence-electron chi connectivity index (χ2n) is 7.85. The molecule has 1 N–H and O–H groups in total. The molecule has 2 aromatic carbocycles. The number of rotatable bonds is 5. The van der Waals surface area contributed by atoms with E-state index in [0.717, 1.165) is 31.7 Å². The first kappa shape index (κ1) is 19.9. The first-order valence-corrected chi connectivity index (χ1v) is 10.6. The van der Waals surface area contributed by atoms with Crippen molar-refractivity contribution in [3.8, 4) is 0 Å². The molecule has 0 aliphatic carbocycles. The third-order valence-corrected chi connectivity index (χ3v) is 5.77. The van der Waals surface area contributed by atoms with Crippen molar-refractivity contribution in [2.75, 3.05) is 23.3 Å². The Morgan fingerprint density at radius 3 is 2.50 bits per heavy atom. The van der Waals surface area contributed by atoms with Crippen LogP contribution in [0.4, 0.5) is 11.5 Å². The normalized spacial score (nSPS) is 14.4. The number of benzene rings is 2. The summed E-state index contributed by atoms with van der Waals surface area (Å²) in [6.07, 6.45) is 3.04. The van der Waals surface area contributed by atoms with Crippen molar-refractivity contribution in [2.24, 2.45) is 5.92 Å². The Balaban J connectivity index is 1.21. The van der Waals surface area contributed by atoms with E-state index in [2.05, 4.69) is 25.5 Å². The number of anilines is 2. The van der Waals surface area contributed by atoms with Crippen LogP contribution in [0.1, 0.15) is 28.8 Å². The molecule has 1 amide bonds. The quantitative estimate of drug-likeness (QED) is 0.493. The monoisotopic (exact) mass is 426 g/mol. The van der Waals surface area contributed by atoms with Crippen LogP contribution in [-0.4, -0.2) is 44.6 Å². The average molecular weight is 426 g/mol. The number of nitrogens with one attached hydrogen (secondary N) is 1. The Kier molecular flexibility index (Phi) is 5.33. The summed E-state index contributed by atoms with van der Waals surface area (Å²) in [5.74, 6) is 0.686. The number of carbonyl (C=O) groups excluding carboxylic acids is 2. The Bertz CT molecular complexity index is 1260. The van der Waals surface area contributed by atoms with Gasteiger partial charge in [0.05, 0.1) is 0 Å². The van der Waals surface area contributed by atoms with Gasteiger partial charge in [-0.15, -0.1) is 15.3 Å². The zero-order valence-corrected chi connectivity index (χ0v) is 17.4. The van der Waals surface area contributed by atoms with Crippen molar-refractivity contribution in [3.63, 3.8) is 0 Å². The van der Waals surface area contributed by atoms with Crippen LogP contribution in [0.25, 0.3) is 5.65 Å². The molecule has 32 heavy (non-hydrogen) atoms. The van der Waals surface area contributed by atoms with E-state index >= 15 is 0 Å². The number of hydrogen-bond donors (Lipinski definition) is 1. The van der Waals surface area contributed by atoms with Gasteiger partial charge in [0.1, 0.15) is 12.1 Å². The fraction of sp³-hybridized carbons (Fsp3) is 0.208. The summed E-state index contributed by atoms with van der Waals surface area (Å²) in [7, 11) is 0. The number of ketones is 1. The van der Waals surface area contributed by atoms with Gasteiger partial charge >= 0.3 is 0 Å². The smallest absolute Gasteiger partial charge is 0.227 e. The average Bonchev–Trinajstić information content (AvgIpc) is 3.32. The second-order valence-corrected chi connectivity index (χ2v) is 7.85. The summed E-state index contributed by atoms with van der Waals surface area (Å²) in [5.41, 5.74) is 2.52. The van der Waals surface area contributed by atoms with E-state index < -0.39 is 0 Å². The van der Waals surface area contributed by atoms with Crippen molar-refractivity contribution in [3.05, 3.63) is 84.2 Å². The van der Waals surface area contributed by atoms with Gasteiger partial charge < -0.3 is 10.2 Å². The van der Waals surface area contributed by atoms with Crippen LogP contribution >= 0.6 is 0 Å². The van der Waals surface area contributed by atoms with Crippen molar-refractivity contribution in [2.45, 2.75) is 12.8 Å². The lowest BCUT2D eigenvalue weighted by atomic mass is 9.95. The summed E-state index contributed by atoms with van der Waals surface area (Å²) in [4.78, 5) is 27.7. The highest BCUT2D eigenvalue weighted by molar-refractivity contribution is 6.09. The molecule has 1 saturated heterocycles. The zero-order chi connectivity index (χ0) is 21.9. The molecule has 0 unspecified atom stereocenters. The van der Waals surface area contributed by atoms with Crippen LogP contribution in [0.5, 0.6) is 0 Å². The van der Waals surface area contributed by atoms with Gasteiger partial charge in [0.25, 0.3) is 0 Å². The molecule has 8 heteroatoms. The molecule has 4 aromatic rings. The van der Waals surface area contributed by atoms with Gasteiger partial charge in [-0.2, -0.15) is 4.52 Å². The molecule has 0 atom stereocenters. The lowest BCUT2D eigenvalue weighted by Crippen LogP contribution is -2.38. The standard InChI is InChI=1S/C24H22N6O2/c31-23(17-5-2-1-3-6-17)19-7-4-8-20(15-19)26-24(32)18-11-13-29(14-12-18)22-10-9-21-27-25-16-30(21)28-22/h1-10,15-16,18H,11-14H2,(H,26,32). The van der Waals surface area contributed by atoms with Crippen LogP contribution in [0.15, 0.2) is 73.1 Å². The van der Waals surface area contributed by atoms with E-state index in [1.165, 1.54) is 0 Å². The Morgan fingerprint density at radius 1 is 0.906 bits per heavy atom. The molecular weight excluding hydrogens is 404 g/mol. The lowest BCUT2D eigenvalue weighted by molar-refractivity contribution is -0.120. The van der Waals surface area contributed by atoms with Crippen molar-refractivity contribution < 1.29 is 9.59 Å². The van der Waals surface area contributed by atoms with Crippen molar-refractivity contribution in [1.82, 2.24) is 19.8 Å². The molecule has 8 nitrogen and oxygen atoms in total. The molecule has 0 saturated carbocycles. The van der Waals surface area contributed by atoms with E-state index in [9.17, 15) is 9.59 Å². The minimum atomic E-state index is -0.0848. The van der Waals surface area contributed by atoms with Gasteiger partial charge in [0.15, 0.2) is 11.4 Å². The Hall–Kier alpha value is -4.07. The van der Waals surface area contributed by atoms with Crippen LogP contribution in [-0.2, 0) is 4.79 Å². The summed E-state index contributed by atoms with van der Waals surface area (Å²) < 4.78 is 1.65.